The minimum atomic E-state index is -0.931. The Kier molecular flexibility index (Phi) is 6.70. The highest BCUT2D eigenvalue weighted by molar-refractivity contribution is 5.77. The van der Waals surface area contributed by atoms with E-state index in [-0.39, 0.29) is 12.8 Å². The lowest BCUT2D eigenvalue weighted by atomic mass is 10.1. The van der Waals surface area contributed by atoms with E-state index in [1.807, 2.05) is 0 Å². The van der Waals surface area contributed by atoms with Crippen LogP contribution < -0.4 is 11.1 Å². The summed E-state index contributed by atoms with van der Waals surface area (Å²) in [5.41, 5.74) is 4.96. The molecule has 5 heteroatoms. The van der Waals surface area contributed by atoms with Gasteiger partial charge in [-0.25, -0.2) is 0 Å². The Balaban J connectivity index is 3.84. The number of hydrogen-bond acceptors (Lipinski definition) is 3. The third-order valence-electron chi connectivity index (χ3n) is 2.09. The van der Waals surface area contributed by atoms with Gasteiger partial charge in [0.25, 0.3) is 0 Å². The van der Waals surface area contributed by atoms with Gasteiger partial charge in [-0.05, 0) is 25.3 Å². The molecule has 0 rings (SSSR count). The highest BCUT2D eigenvalue weighted by Gasteiger charge is 2.16. The average Bonchev–Trinajstić information content (AvgIpc) is 2.09. The highest BCUT2D eigenvalue weighted by Crippen LogP contribution is 2.00. The van der Waals surface area contributed by atoms with Gasteiger partial charge >= 0.3 is 5.97 Å². The van der Waals surface area contributed by atoms with E-state index >= 15 is 0 Å². The van der Waals surface area contributed by atoms with Crippen LogP contribution in [0.2, 0.25) is 0 Å². The first-order valence-corrected chi connectivity index (χ1v) is 5.18. The Morgan fingerprint density at radius 3 is 2.33 bits per heavy atom. The van der Waals surface area contributed by atoms with Crippen molar-refractivity contribution in [2.45, 2.75) is 39.2 Å². The van der Waals surface area contributed by atoms with Gasteiger partial charge in [0, 0.05) is 6.42 Å². The van der Waals surface area contributed by atoms with Crippen molar-refractivity contribution in [3.63, 3.8) is 0 Å². The molecular weight excluding hydrogens is 196 g/mol. The molecule has 1 unspecified atom stereocenters. The standard InChI is InChI=1S/C10H20N2O3/c1-7(2)5-6-12-8(10(14)15)3-4-9(11)13/h7-8,12H,3-6H2,1-2H3,(H2,11,13)(H,14,15). The molecule has 0 aromatic carbocycles. The van der Waals surface area contributed by atoms with Gasteiger partial charge in [0.1, 0.15) is 6.04 Å². The molecule has 0 aliphatic heterocycles. The van der Waals surface area contributed by atoms with Crippen molar-refractivity contribution in [1.29, 1.82) is 0 Å². The number of carboxylic acid groups (broad SMARTS) is 1. The molecule has 0 saturated carbocycles. The van der Waals surface area contributed by atoms with Crippen molar-refractivity contribution in [1.82, 2.24) is 5.32 Å². The molecule has 0 spiro atoms. The molecule has 1 atom stereocenters. The lowest BCUT2D eigenvalue weighted by Gasteiger charge is -2.14. The van der Waals surface area contributed by atoms with Crippen LogP contribution >= 0.6 is 0 Å². The van der Waals surface area contributed by atoms with Crippen molar-refractivity contribution in [2.75, 3.05) is 6.54 Å². The summed E-state index contributed by atoms with van der Waals surface area (Å²) in [5.74, 6) is -0.866. The Morgan fingerprint density at radius 1 is 1.33 bits per heavy atom. The second kappa shape index (κ2) is 7.23. The first-order chi connectivity index (χ1) is 6.93. The van der Waals surface area contributed by atoms with Crippen molar-refractivity contribution < 1.29 is 14.7 Å². The van der Waals surface area contributed by atoms with Crippen LogP contribution in [0.15, 0.2) is 0 Å². The fourth-order valence-corrected chi connectivity index (χ4v) is 1.15. The third kappa shape index (κ3) is 7.93. The number of carboxylic acids is 1. The van der Waals surface area contributed by atoms with Gasteiger partial charge in [-0.3, -0.25) is 9.59 Å². The first kappa shape index (κ1) is 13.9. The van der Waals surface area contributed by atoms with Crippen molar-refractivity contribution in [3.8, 4) is 0 Å². The van der Waals surface area contributed by atoms with Gasteiger partial charge in [-0.15, -0.1) is 0 Å². The molecule has 88 valence electrons. The fraction of sp³-hybridized carbons (Fsp3) is 0.800. The normalized spacial score (nSPS) is 12.7. The predicted octanol–water partition coefficient (Wildman–Crippen LogP) is 0.341. The number of nitrogens with one attached hydrogen (secondary N) is 1. The number of primary amides is 1. The number of rotatable bonds is 8. The maximum atomic E-state index is 10.8. The Morgan fingerprint density at radius 2 is 1.93 bits per heavy atom. The second-order valence-corrected chi connectivity index (χ2v) is 4.03. The summed E-state index contributed by atoms with van der Waals surface area (Å²) < 4.78 is 0. The zero-order valence-electron chi connectivity index (χ0n) is 9.32. The third-order valence-corrected chi connectivity index (χ3v) is 2.09. The monoisotopic (exact) mass is 216 g/mol. The molecule has 0 saturated heterocycles. The van der Waals surface area contributed by atoms with Crippen molar-refractivity contribution in [2.24, 2.45) is 11.7 Å². The molecule has 0 heterocycles. The Hall–Kier alpha value is -1.10. The highest BCUT2D eigenvalue weighted by atomic mass is 16.4. The van der Waals surface area contributed by atoms with Crippen LogP contribution in [0.3, 0.4) is 0 Å². The molecule has 0 aliphatic carbocycles. The largest absolute Gasteiger partial charge is 0.480 e. The predicted molar refractivity (Wildman–Crippen MR) is 57.3 cm³/mol. The molecule has 5 nitrogen and oxygen atoms in total. The van der Waals surface area contributed by atoms with Gasteiger partial charge in [-0.2, -0.15) is 0 Å². The lowest BCUT2D eigenvalue weighted by Crippen LogP contribution is -2.38. The van der Waals surface area contributed by atoms with E-state index in [4.69, 9.17) is 10.8 Å². The summed E-state index contributed by atoms with van der Waals surface area (Å²) in [4.78, 5) is 21.3. The summed E-state index contributed by atoms with van der Waals surface area (Å²) in [6.07, 6.45) is 1.27. The minimum absolute atomic E-state index is 0.103. The van der Waals surface area contributed by atoms with E-state index in [1.54, 1.807) is 0 Å². The summed E-state index contributed by atoms with van der Waals surface area (Å²) in [5, 5.41) is 11.7. The van der Waals surface area contributed by atoms with Crippen LogP contribution in [0.5, 0.6) is 0 Å². The molecule has 0 bridgehead atoms. The van der Waals surface area contributed by atoms with Gasteiger partial charge < -0.3 is 16.2 Å². The minimum Gasteiger partial charge on any atom is -0.480 e. The summed E-state index contributed by atoms with van der Waals surface area (Å²) in [6, 6.07) is -0.670. The number of nitrogens with two attached hydrogens (primary N) is 1. The zero-order valence-corrected chi connectivity index (χ0v) is 9.32. The molecule has 0 fully saturated rings. The summed E-state index contributed by atoms with van der Waals surface area (Å²) in [7, 11) is 0. The van der Waals surface area contributed by atoms with E-state index in [9.17, 15) is 9.59 Å². The van der Waals surface area contributed by atoms with Crippen LogP contribution in [-0.2, 0) is 9.59 Å². The SMILES string of the molecule is CC(C)CCNC(CCC(N)=O)C(=O)O. The molecule has 1 amide bonds. The topological polar surface area (TPSA) is 92.4 Å². The number of amides is 1. The fourth-order valence-electron chi connectivity index (χ4n) is 1.15. The van der Waals surface area contributed by atoms with Gasteiger partial charge in [0.05, 0.1) is 0 Å². The number of carbonyl (C=O) groups excluding carboxylic acids is 1. The number of carbonyl (C=O) groups is 2. The molecule has 0 radical (unpaired) electrons. The summed E-state index contributed by atoms with van der Waals surface area (Å²) in [6.45, 7) is 4.79. The van der Waals surface area contributed by atoms with Crippen LogP contribution in [0.1, 0.15) is 33.1 Å². The molecular formula is C10H20N2O3. The maximum Gasteiger partial charge on any atom is 0.320 e. The maximum absolute atomic E-state index is 10.8. The number of aliphatic carboxylic acids is 1. The van der Waals surface area contributed by atoms with Crippen LogP contribution in [0.4, 0.5) is 0 Å². The molecule has 0 aliphatic rings. The van der Waals surface area contributed by atoms with Crippen LogP contribution in [-0.4, -0.2) is 29.6 Å². The van der Waals surface area contributed by atoms with Crippen molar-refractivity contribution in [3.05, 3.63) is 0 Å². The first-order valence-electron chi connectivity index (χ1n) is 5.18. The van der Waals surface area contributed by atoms with Gasteiger partial charge in [-0.1, -0.05) is 13.8 Å². The van der Waals surface area contributed by atoms with Crippen LogP contribution in [0, 0.1) is 5.92 Å². The lowest BCUT2D eigenvalue weighted by molar-refractivity contribution is -0.139. The molecule has 0 aromatic heterocycles. The molecule has 15 heavy (non-hydrogen) atoms. The molecule has 0 aromatic rings. The van der Waals surface area contributed by atoms with E-state index in [2.05, 4.69) is 19.2 Å². The second-order valence-electron chi connectivity index (χ2n) is 4.03. The van der Waals surface area contributed by atoms with E-state index in [0.717, 1.165) is 6.42 Å². The zero-order chi connectivity index (χ0) is 11.8. The Labute approximate surface area is 90.0 Å². The van der Waals surface area contributed by atoms with Gasteiger partial charge in [0.2, 0.25) is 5.91 Å². The van der Waals surface area contributed by atoms with Crippen molar-refractivity contribution >= 4 is 11.9 Å². The van der Waals surface area contributed by atoms with Crippen LogP contribution in [0.25, 0.3) is 0 Å². The van der Waals surface area contributed by atoms with E-state index in [1.165, 1.54) is 0 Å². The van der Waals surface area contributed by atoms with E-state index < -0.39 is 17.9 Å². The average molecular weight is 216 g/mol. The van der Waals surface area contributed by atoms with Gasteiger partial charge in [0.15, 0.2) is 0 Å². The molecule has 4 N–H and O–H groups in total. The number of hydrogen-bond donors (Lipinski definition) is 3. The Bertz CT molecular complexity index is 217. The van der Waals surface area contributed by atoms with E-state index in [0.29, 0.717) is 12.5 Å². The summed E-state index contributed by atoms with van der Waals surface area (Å²) >= 11 is 0. The quantitative estimate of drug-likeness (QED) is 0.545. The smallest absolute Gasteiger partial charge is 0.320 e.